The van der Waals surface area contributed by atoms with E-state index in [-0.39, 0.29) is 12.5 Å². The van der Waals surface area contributed by atoms with Crippen LogP contribution in [0.3, 0.4) is 0 Å². The first-order valence-corrected chi connectivity index (χ1v) is 5.48. The summed E-state index contributed by atoms with van der Waals surface area (Å²) >= 11 is 0. The summed E-state index contributed by atoms with van der Waals surface area (Å²) in [6.07, 6.45) is 0. The van der Waals surface area contributed by atoms with Crippen LogP contribution in [-0.4, -0.2) is 39.8 Å². The highest BCUT2D eigenvalue weighted by Crippen LogP contribution is 2.16. The van der Waals surface area contributed by atoms with Crippen molar-refractivity contribution in [1.82, 2.24) is 0 Å². The van der Waals surface area contributed by atoms with Gasteiger partial charge < -0.3 is 20.7 Å². The van der Waals surface area contributed by atoms with Gasteiger partial charge in [0.05, 0.1) is 6.61 Å². The van der Waals surface area contributed by atoms with Crippen molar-refractivity contribution in [1.29, 1.82) is 0 Å². The summed E-state index contributed by atoms with van der Waals surface area (Å²) in [5.74, 6) is -0.172. The standard InChI is InChI=1S/C12H19N3O2/c1-15(2)11-5-3-4-10(8-11)14-12(16)9-17-7-6-13/h3-5,8H,6-7,9,13H2,1-2H3,(H,14,16). The summed E-state index contributed by atoms with van der Waals surface area (Å²) in [5, 5.41) is 2.76. The second-order valence-electron chi connectivity index (χ2n) is 3.83. The highest BCUT2D eigenvalue weighted by atomic mass is 16.5. The van der Waals surface area contributed by atoms with E-state index < -0.39 is 0 Å². The molecule has 17 heavy (non-hydrogen) atoms. The highest BCUT2D eigenvalue weighted by molar-refractivity contribution is 5.92. The van der Waals surface area contributed by atoms with Gasteiger partial charge in [0.2, 0.25) is 5.91 Å². The van der Waals surface area contributed by atoms with Crippen molar-refractivity contribution in [3.63, 3.8) is 0 Å². The second kappa shape index (κ2) is 6.88. The minimum Gasteiger partial charge on any atom is -0.378 e. The summed E-state index contributed by atoms with van der Waals surface area (Å²) in [4.78, 5) is 13.5. The van der Waals surface area contributed by atoms with E-state index >= 15 is 0 Å². The number of hydrogen-bond donors (Lipinski definition) is 2. The Morgan fingerprint density at radius 3 is 2.88 bits per heavy atom. The Morgan fingerprint density at radius 2 is 2.24 bits per heavy atom. The predicted molar refractivity (Wildman–Crippen MR) is 69.3 cm³/mol. The van der Waals surface area contributed by atoms with Gasteiger partial charge in [0, 0.05) is 32.0 Å². The number of ether oxygens (including phenoxy) is 1. The molecule has 0 saturated heterocycles. The van der Waals surface area contributed by atoms with Gasteiger partial charge in [-0.15, -0.1) is 0 Å². The first-order valence-electron chi connectivity index (χ1n) is 5.48. The quantitative estimate of drug-likeness (QED) is 0.713. The lowest BCUT2D eigenvalue weighted by Gasteiger charge is -2.14. The Kier molecular flexibility index (Phi) is 5.45. The molecule has 1 amide bonds. The molecule has 0 aliphatic carbocycles. The van der Waals surface area contributed by atoms with Crippen molar-refractivity contribution in [3.8, 4) is 0 Å². The largest absolute Gasteiger partial charge is 0.378 e. The van der Waals surface area contributed by atoms with Crippen LogP contribution in [0.2, 0.25) is 0 Å². The first kappa shape index (κ1) is 13.5. The van der Waals surface area contributed by atoms with Gasteiger partial charge in [0.25, 0.3) is 0 Å². The van der Waals surface area contributed by atoms with Crippen molar-refractivity contribution >= 4 is 17.3 Å². The molecule has 0 spiro atoms. The fourth-order valence-corrected chi connectivity index (χ4v) is 1.31. The number of benzene rings is 1. The third-order valence-corrected chi connectivity index (χ3v) is 2.14. The van der Waals surface area contributed by atoms with Crippen LogP contribution in [0, 0.1) is 0 Å². The molecule has 0 aliphatic heterocycles. The lowest BCUT2D eigenvalue weighted by Crippen LogP contribution is -2.21. The Balaban J connectivity index is 2.50. The van der Waals surface area contributed by atoms with Gasteiger partial charge in [0.15, 0.2) is 0 Å². The maximum atomic E-state index is 11.5. The second-order valence-corrected chi connectivity index (χ2v) is 3.83. The zero-order valence-electron chi connectivity index (χ0n) is 10.3. The predicted octanol–water partition coefficient (Wildman–Crippen LogP) is 0.666. The van der Waals surface area contributed by atoms with E-state index in [0.717, 1.165) is 11.4 Å². The molecular weight excluding hydrogens is 218 g/mol. The molecule has 0 fully saturated rings. The van der Waals surface area contributed by atoms with Crippen molar-refractivity contribution in [2.24, 2.45) is 5.73 Å². The van der Waals surface area contributed by atoms with E-state index in [1.807, 2.05) is 43.3 Å². The smallest absolute Gasteiger partial charge is 0.250 e. The monoisotopic (exact) mass is 237 g/mol. The molecule has 5 nitrogen and oxygen atoms in total. The van der Waals surface area contributed by atoms with Crippen LogP contribution in [0.25, 0.3) is 0 Å². The van der Waals surface area contributed by atoms with Crippen LogP contribution in [0.15, 0.2) is 24.3 Å². The van der Waals surface area contributed by atoms with Crippen LogP contribution in [-0.2, 0) is 9.53 Å². The molecule has 94 valence electrons. The number of hydrogen-bond acceptors (Lipinski definition) is 4. The SMILES string of the molecule is CN(C)c1cccc(NC(=O)COCCN)c1. The molecule has 0 unspecified atom stereocenters. The number of carbonyl (C=O) groups is 1. The lowest BCUT2D eigenvalue weighted by atomic mass is 10.2. The van der Waals surface area contributed by atoms with Crippen LogP contribution in [0.5, 0.6) is 0 Å². The summed E-state index contributed by atoms with van der Waals surface area (Å²) in [7, 11) is 3.90. The minimum atomic E-state index is -0.172. The van der Waals surface area contributed by atoms with Crippen molar-refractivity contribution in [2.45, 2.75) is 0 Å². The average Bonchev–Trinajstić information content (AvgIpc) is 2.29. The maximum absolute atomic E-state index is 11.5. The summed E-state index contributed by atoms with van der Waals surface area (Å²) in [6, 6.07) is 7.61. The highest BCUT2D eigenvalue weighted by Gasteiger charge is 2.03. The minimum absolute atomic E-state index is 0.0311. The van der Waals surface area contributed by atoms with Crippen LogP contribution >= 0.6 is 0 Å². The van der Waals surface area contributed by atoms with Gasteiger partial charge >= 0.3 is 0 Å². The van der Waals surface area contributed by atoms with Crippen molar-refractivity contribution < 1.29 is 9.53 Å². The molecule has 5 heteroatoms. The van der Waals surface area contributed by atoms with Gasteiger partial charge in [-0.05, 0) is 18.2 Å². The zero-order chi connectivity index (χ0) is 12.7. The van der Waals surface area contributed by atoms with Gasteiger partial charge in [-0.3, -0.25) is 4.79 Å². The number of anilines is 2. The van der Waals surface area contributed by atoms with E-state index in [4.69, 9.17) is 10.5 Å². The van der Waals surface area contributed by atoms with E-state index in [9.17, 15) is 4.79 Å². The third kappa shape index (κ3) is 4.84. The van der Waals surface area contributed by atoms with Gasteiger partial charge in [0.1, 0.15) is 6.61 Å². The summed E-state index contributed by atoms with van der Waals surface area (Å²) < 4.78 is 5.05. The normalized spacial score (nSPS) is 10.1. The molecule has 1 aromatic rings. The molecule has 3 N–H and O–H groups in total. The van der Waals surface area contributed by atoms with Crippen LogP contribution in [0.1, 0.15) is 0 Å². The number of carbonyl (C=O) groups excluding carboxylic acids is 1. The van der Waals surface area contributed by atoms with Crippen molar-refractivity contribution in [2.75, 3.05) is 44.1 Å². The lowest BCUT2D eigenvalue weighted by molar-refractivity contribution is -0.120. The Bertz CT molecular complexity index is 367. The van der Waals surface area contributed by atoms with Crippen LogP contribution in [0.4, 0.5) is 11.4 Å². The molecular formula is C12H19N3O2. The molecule has 1 rings (SSSR count). The fourth-order valence-electron chi connectivity index (χ4n) is 1.31. The Hall–Kier alpha value is -1.59. The van der Waals surface area contributed by atoms with Gasteiger partial charge in [-0.25, -0.2) is 0 Å². The fraction of sp³-hybridized carbons (Fsp3) is 0.417. The van der Waals surface area contributed by atoms with Crippen molar-refractivity contribution in [3.05, 3.63) is 24.3 Å². The molecule has 0 bridgehead atoms. The van der Waals surface area contributed by atoms with E-state index in [1.165, 1.54) is 0 Å². The number of rotatable bonds is 6. The summed E-state index contributed by atoms with van der Waals surface area (Å²) in [6.45, 7) is 0.845. The third-order valence-electron chi connectivity index (χ3n) is 2.14. The molecule has 1 aromatic carbocycles. The molecule has 0 aromatic heterocycles. The Labute approximate surface area is 102 Å². The van der Waals surface area contributed by atoms with Crippen LogP contribution < -0.4 is 16.0 Å². The molecule has 0 atom stereocenters. The van der Waals surface area contributed by atoms with Gasteiger partial charge in [-0.2, -0.15) is 0 Å². The Morgan fingerprint density at radius 1 is 1.47 bits per heavy atom. The number of nitrogens with two attached hydrogens (primary N) is 1. The first-order chi connectivity index (χ1) is 8.13. The molecule has 0 saturated carbocycles. The molecule has 0 aliphatic rings. The molecule has 0 heterocycles. The zero-order valence-corrected chi connectivity index (χ0v) is 10.3. The van der Waals surface area contributed by atoms with E-state index in [2.05, 4.69) is 5.32 Å². The summed E-state index contributed by atoms with van der Waals surface area (Å²) in [5.41, 5.74) is 7.05. The molecule has 0 radical (unpaired) electrons. The maximum Gasteiger partial charge on any atom is 0.250 e. The van der Waals surface area contributed by atoms with E-state index in [1.54, 1.807) is 0 Å². The number of nitrogens with zero attached hydrogens (tertiary/aromatic N) is 1. The number of nitrogens with one attached hydrogen (secondary N) is 1. The van der Waals surface area contributed by atoms with Gasteiger partial charge in [-0.1, -0.05) is 6.07 Å². The number of amides is 1. The topological polar surface area (TPSA) is 67.6 Å². The van der Waals surface area contributed by atoms with E-state index in [0.29, 0.717) is 13.2 Å². The average molecular weight is 237 g/mol.